The highest BCUT2D eigenvalue weighted by Crippen LogP contribution is 2.34. The van der Waals surface area contributed by atoms with E-state index in [1.807, 2.05) is 36.9 Å². The summed E-state index contributed by atoms with van der Waals surface area (Å²) in [6.07, 6.45) is 4.19. The monoisotopic (exact) mass is 339 g/mol. The normalized spacial score (nSPS) is 16.9. The molecule has 0 unspecified atom stereocenters. The van der Waals surface area contributed by atoms with Crippen LogP contribution in [0, 0.1) is 13.8 Å². The highest BCUT2D eigenvalue weighted by molar-refractivity contribution is 7.11. The minimum Gasteiger partial charge on any atom is -0.348 e. The van der Waals surface area contributed by atoms with Crippen molar-refractivity contribution in [3.8, 4) is 0 Å². The highest BCUT2D eigenvalue weighted by atomic mass is 32.1. The molecule has 0 spiro atoms. The lowest BCUT2D eigenvalue weighted by Crippen LogP contribution is -2.41. The number of hydrogen-bond donors (Lipinski definition) is 1. The van der Waals surface area contributed by atoms with Crippen LogP contribution < -0.4 is 0 Å². The quantitative estimate of drug-likeness (QED) is 0.779. The second-order valence-electron chi connectivity index (χ2n) is 5.81. The number of rotatable bonds is 2. The molecule has 0 saturated carbocycles. The maximum atomic E-state index is 13.2. The smallest absolute Gasteiger partial charge is 0.274 e. The molecule has 7 heteroatoms. The zero-order chi connectivity index (χ0) is 16.7. The average molecular weight is 339 g/mol. The van der Waals surface area contributed by atoms with Crippen molar-refractivity contribution in [2.75, 3.05) is 6.54 Å². The Bertz CT molecular complexity index is 886. The van der Waals surface area contributed by atoms with E-state index in [-0.39, 0.29) is 11.9 Å². The fraction of sp³-hybridized carbons (Fsp3) is 0.294. The van der Waals surface area contributed by atoms with Crippen molar-refractivity contribution < 1.29 is 4.79 Å². The molecule has 0 saturated heterocycles. The molecule has 0 aromatic carbocycles. The number of aromatic amines is 1. The molecule has 1 aliphatic heterocycles. The van der Waals surface area contributed by atoms with Gasteiger partial charge in [-0.05, 0) is 26.0 Å². The Balaban J connectivity index is 1.79. The number of nitrogens with one attached hydrogen (secondary N) is 1. The average Bonchev–Trinajstić information content (AvgIpc) is 3.19. The van der Waals surface area contributed by atoms with Gasteiger partial charge >= 0.3 is 0 Å². The second kappa shape index (κ2) is 5.83. The van der Waals surface area contributed by atoms with Gasteiger partial charge in [0.2, 0.25) is 0 Å². The number of pyridine rings is 1. The summed E-state index contributed by atoms with van der Waals surface area (Å²) in [6.45, 7) is 4.48. The summed E-state index contributed by atoms with van der Waals surface area (Å²) < 4.78 is 0. The van der Waals surface area contributed by atoms with Gasteiger partial charge in [-0.2, -0.15) is 0 Å². The summed E-state index contributed by atoms with van der Waals surface area (Å²) in [5.41, 5.74) is 3.31. The van der Waals surface area contributed by atoms with E-state index in [4.69, 9.17) is 0 Å². The number of imidazole rings is 1. The molecule has 4 heterocycles. The van der Waals surface area contributed by atoms with Gasteiger partial charge in [0.05, 0.1) is 22.7 Å². The van der Waals surface area contributed by atoms with Gasteiger partial charge in [0.25, 0.3) is 5.91 Å². The Morgan fingerprint density at radius 3 is 2.92 bits per heavy atom. The van der Waals surface area contributed by atoms with E-state index in [1.165, 1.54) is 0 Å². The van der Waals surface area contributed by atoms with Gasteiger partial charge in [0.1, 0.15) is 11.7 Å². The summed E-state index contributed by atoms with van der Waals surface area (Å²) in [7, 11) is 0. The molecule has 0 fully saturated rings. The Morgan fingerprint density at radius 1 is 1.33 bits per heavy atom. The first-order valence-electron chi connectivity index (χ1n) is 7.83. The van der Waals surface area contributed by atoms with Crippen molar-refractivity contribution in [2.45, 2.75) is 26.3 Å². The van der Waals surface area contributed by atoms with E-state index in [0.29, 0.717) is 12.2 Å². The number of fused-ring (bicyclic) bond motifs is 1. The molecule has 1 N–H and O–H groups in total. The Labute approximate surface area is 143 Å². The number of aryl methyl sites for hydroxylation is 2. The van der Waals surface area contributed by atoms with Crippen LogP contribution in [0.25, 0.3) is 0 Å². The molecule has 1 amide bonds. The summed E-state index contributed by atoms with van der Waals surface area (Å²) in [5.74, 6) is -0.0545. The maximum Gasteiger partial charge on any atom is 0.274 e. The third-order valence-electron chi connectivity index (χ3n) is 4.26. The van der Waals surface area contributed by atoms with Crippen molar-refractivity contribution in [3.63, 3.8) is 0 Å². The van der Waals surface area contributed by atoms with E-state index in [2.05, 4.69) is 19.9 Å². The number of thiazole rings is 1. The minimum absolute atomic E-state index is 0.0545. The van der Waals surface area contributed by atoms with Crippen molar-refractivity contribution in [1.29, 1.82) is 0 Å². The van der Waals surface area contributed by atoms with Crippen molar-refractivity contribution in [3.05, 3.63) is 63.4 Å². The number of hydrogen-bond acceptors (Lipinski definition) is 5. The molecule has 0 bridgehead atoms. The number of amides is 1. The fourth-order valence-electron chi connectivity index (χ4n) is 3.20. The first kappa shape index (κ1) is 15.0. The Morgan fingerprint density at radius 2 is 2.21 bits per heavy atom. The SMILES string of the molecule is Cc1nc(C(=O)N2CCc3[nH]cnc3[C@@H]2c2ccccn2)c(C)s1. The molecule has 6 nitrogen and oxygen atoms in total. The lowest BCUT2D eigenvalue weighted by atomic mass is 9.98. The highest BCUT2D eigenvalue weighted by Gasteiger charge is 2.36. The zero-order valence-corrected chi connectivity index (χ0v) is 14.3. The summed E-state index contributed by atoms with van der Waals surface area (Å²) in [6, 6.07) is 5.46. The van der Waals surface area contributed by atoms with Crippen LogP contribution in [0.3, 0.4) is 0 Å². The van der Waals surface area contributed by atoms with Crippen LogP contribution in [0.2, 0.25) is 0 Å². The fourth-order valence-corrected chi connectivity index (χ4v) is 4.01. The predicted molar refractivity (Wildman–Crippen MR) is 91.0 cm³/mol. The maximum absolute atomic E-state index is 13.2. The summed E-state index contributed by atoms with van der Waals surface area (Å²) >= 11 is 1.55. The van der Waals surface area contributed by atoms with Gasteiger partial charge in [-0.1, -0.05) is 6.07 Å². The molecular formula is C17H17N5OS. The summed E-state index contributed by atoms with van der Waals surface area (Å²) in [4.78, 5) is 32.5. The predicted octanol–water partition coefficient (Wildman–Crippen LogP) is 2.67. The molecule has 4 rings (SSSR count). The lowest BCUT2D eigenvalue weighted by Gasteiger charge is -2.34. The van der Waals surface area contributed by atoms with Gasteiger partial charge < -0.3 is 9.88 Å². The van der Waals surface area contributed by atoms with Crippen LogP contribution in [0.5, 0.6) is 0 Å². The largest absolute Gasteiger partial charge is 0.348 e. The van der Waals surface area contributed by atoms with Crippen molar-refractivity contribution >= 4 is 17.2 Å². The van der Waals surface area contributed by atoms with Crippen LogP contribution in [0.15, 0.2) is 30.7 Å². The molecule has 3 aromatic rings. The molecule has 24 heavy (non-hydrogen) atoms. The van der Waals surface area contributed by atoms with Crippen LogP contribution in [0.1, 0.15) is 43.5 Å². The molecule has 3 aromatic heterocycles. The van der Waals surface area contributed by atoms with E-state index in [1.54, 1.807) is 23.9 Å². The molecule has 1 atom stereocenters. The molecule has 0 radical (unpaired) electrons. The number of carbonyl (C=O) groups is 1. The van der Waals surface area contributed by atoms with Gasteiger partial charge in [-0.25, -0.2) is 9.97 Å². The minimum atomic E-state index is -0.282. The molecule has 122 valence electrons. The zero-order valence-electron chi connectivity index (χ0n) is 13.5. The Kier molecular flexibility index (Phi) is 3.65. The van der Waals surface area contributed by atoms with Gasteiger partial charge in [-0.15, -0.1) is 11.3 Å². The molecule has 1 aliphatic rings. The topological polar surface area (TPSA) is 74.8 Å². The lowest BCUT2D eigenvalue weighted by molar-refractivity contribution is 0.0681. The third-order valence-corrected chi connectivity index (χ3v) is 5.15. The first-order valence-corrected chi connectivity index (χ1v) is 8.65. The standard InChI is InChI=1S/C17H17N5OS/c1-10-14(21-11(2)24-10)17(23)22-8-6-12-15(20-9-19-12)16(22)13-5-3-4-7-18-13/h3-5,7,9,16H,6,8H2,1-2H3,(H,19,20)/t16-/m0/s1. The van der Waals surface area contributed by atoms with E-state index in [9.17, 15) is 4.79 Å². The number of nitrogens with zero attached hydrogens (tertiary/aromatic N) is 4. The van der Waals surface area contributed by atoms with E-state index in [0.717, 1.165) is 33.4 Å². The Hall–Kier alpha value is -2.54. The van der Waals surface area contributed by atoms with Crippen LogP contribution >= 0.6 is 11.3 Å². The number of carbonyl (C=O) groups excluding carboxylic acids is 1. The van der Waals surface area contributed by atoms with Crippen LogP contribution in [-0.4, -0.2) is 37.3 Å². The van der Waals surface area contributed by atoms with E-state index >= 15 is 0 Å². The number of aromatic nitrogens is 4. The van der Waals surface area contributed by atoms with Crippen molar-refractivity contribution in [2.24, 2.45) is 0 Å². The summed E-state index contributed by atoms with van der Waals surface area (Å²) in [5, 5.41) is 0.905. The number of H-pyrrole nitrogens is 1. The molecule has 0 aliphatic carbocycles. The van der Waals surface area contributed by atoms with Crippen LogP contribution in [0.4, 0.5) is 0 Å². The van der Waals surface area contributed by atoms with Gasteiger partial charge in [-0.3, -0.25) is 9.78 Å². The second-order valence-corrected chi connectivity index (χ2v) is 7.22. The van der Waals surface area contributed by atoms with Gasteiger partial charge in [0, 0.05) is 29.7 Å². The van der Waals surface area contributed by atoms with Crippen molar-refractivity contribution in [1.82, 2.24) is 24.8 Å². The van der Waals surface area contributed by atoms with E-state index < -0.39 is 0 Å². The first-order chi connectivity index (χ1) is 11.6. The van der Waals surface area contributed by atoms with Crippen LogP contribution in [-0.2, 0) is 6.42 Å². The third kappa shape index (κ3) is 2.41. The van der Waals surface area contributed by atoms with Gasteiger partial charge in [0.15, 0.2) is 0 Å². The molecular weight excluding hydrogens is 322 g/mol.